The number of nitrogens with one attached hydrogen (secondary N) is 1. The SMILES string of the molecule is C1=CC2CCCC(C1)CN2. The fraction of sp³-hybridized carbons (Fsp3) is 0.778. The van der Waals surface area contributed by atoms with Crippen LogP contribution in [0.4, 0.5) is 0 Å². The Morgan fingerprint density at radius 1 is 1.30 bits per heavy atom. The first-order chi connectivity index (χ1) is 4.95. The lowest BCUT2D eigenvalue weighted by atomic mass is 9.97. The van der Waals surface area contributed by atoms with E-state index in [2.05, 4.69) is 17.5 Å². The molecule has 0 amide bonds. The Morgan fingerprint density at radius 2 is 2.30 bits per heavy atom. The van der Waals surface area contributed by atoms with Crippen molar-refractivity contribution in [3.05, 3.63) is 12.2 Å². The third kappa shape index (κ3) is 1.24. The van der Waals surface area contributed by atoms with Gasteiger partial charge in [-0.1, -0.05) is 18.6 Å². The van der Waals surface area contributed by atoms with Gasteiger partial charge < -0.3 is 5.32 Å². The minimum absolute atomic E-state index is 0.701. The van der Waals surface area contributed by atoms with Crippen LogP contribution in [-0.4, -0.2) is 12.6 Å². The maximum Gasteiger partial charge on any atom is 0.0250 e. The normalized spacial score (nSPS) is 39.2. The van der Waals surface area contributed by atoms with Crippen molar-refractivity contribution in [1.29, 1.82) is 0 Å². The largest absolute Gasteiger partial charge is 0.310 e. The third-order valence-corrected chi connectivity index (χ3v) is 2.63. The van der Waals surface area contributed by atoms with Crippen LogP contribution in [0.5, 0.6) is 0 Å². The summed E-state index contributed by atoms with van der Waals surface area (Å²) in [6.45, 7) is 1.25. The predicted molar refractivity (Wildman–Crippen MR) is 42.9 cm³/mol. The van der Waals surface area contributed by atoms with E-state index >= 15 is 0 Å². The fourth-order valence-corrected chi connectivity index (χ4v) is 1.95. The second-order valence-electron chi connectivity index (χ2n) is 3.48. The number of fused-ring (bicyclic) bond motifs is 3. The highest BCUT2D eigenvalue weighted by Gasteiger charge is 2.17. The molecule has 0 saturated carbocycles. The molecule has 2 bridgehead atoms. The van der Waals surface area contributed by atoms with E-state index in [1.54, 1.807) is 0 Å². The molecule has 1 heteroatoms. The van der Waals surface area contributed by atoms with Gasteiger partial charge in [-0.05, 0) is 31.7 Å². The van der Waals surface area contributed by atoms with Crippen LogP contribution >= 0.6 is 0 Å². The average molecular weight is 137 g/mol. The Balaban J connectivity index is 2.11. The van der Waals surface area contributed by atoms with E-state index in [9.17, 15) is 0 Å². The molecule has 0 aliphatic carbocycles. The molecule has 2 aliphatic heterocycles. The van der Waals surface area contributed by atoms with Crippen molar-refractivity contribution < 1.29 is 0 Å². The van der Waals surface area contributed by atoms with Gasteiger partial charge in [0.15, 0.2) is 0 Å². The van der Waals surface area contributed by atoms with Gasteiger partial charge in [0.1, 0.15) is 0 Å². The van der Waals surface area contributed by atoms with Gasteiger partial charge >= 0.3 is 0 Å². The lowest BCUT2D eigenvalue weighted by Crippen LogP contribution is -2.27. The van der Waals surface area contributed by atoms with Gasteiger partial charge in [-0.3, -0.25) is 0 Å². The Kier molecular flexibility index (Phi) is 1.76. The topological polar surface area (TPSA) is 12.0 Å². The molecule has 0 radical (unpaired) electrons. The molecule has 0 spiro atoms. The molecule has 0 aromatic heterocycles. The highest BCUT2D eigenvalue weighted by atomic mass is 14.9. The van der Waals surface area contributed by atoms with Crippen molar-refractivity contribution >= 4 is 0 Å². The molecule has 1 fully saturated rings. The Morgan fingerprint density at radius 3 is 3.30 bits per heavy atom. The number of allylic oxidation sites excluding steroid dienone is 1. The summed E-state index contributed by atoms with van der Waals surface area (Å²) in [5, 5.41) is 3.56. The van der Waals surface area contributed by atoms with E-state index in [0.29, 0.717) is 6.04 Å². The summed E-state index contributed by atoms with van der Waals surface area (Å²) in [4.78, 5) is 0. The molecular formula is C9H15N. The molecule has 2 heterocycles. The Hall–Kier alpha value is -0.300. The first-order valence-electron chi connectivity index (χ1n) is 4.35. The molecule has 2 atom stereocenters. The average Bonchev–Trinajstić information content (AvgIpc) is 2.17. The molecule has 0 aromatic rings. The summed E-state index contributed by atoms with van der Waals surface area (Å²) in [6, 6.07) is 0.701. The molecule has 56 valence electrons. The summed E-state index contributed by atoms with van der Waals surface area (Å²) in [5.74, 6) is 0.934. The minimum Gasteiger partial charge on any atom is -0.310 e. The van der Waals surface area contributed by atoms with Crippen molar-refractivity contribution in [3.63, 3.8) is 0 Å². The van der Waals surface area contributed by atoms with E-state index < -0.39 is 0 Å². The van der Waals surface area contributed by atoms with Crippen molar-refractivity contribution in [1.82, 2.24) is 5.32 Å². The predicted octanol–water partition coefficient (Wildman–Crippen LogP) is 1.70. The monoisotopic (exact) mass is 137 g/mol. The van der Waals surface area contributed by atoms with Crippen LogP contribution in [0, 0.1) is 5.92 Å². The van der Waals surface area contributed by atoms with Crippen LogP contribution in [-0.2, 0) is 0 Å². The van der Waals surface area contributed by atoms with E-state index in [0.717, 1.165) is 5.92 Å². The maximum atomic E-state index is 3.56. The van der Waals surface area contributed by atoms with Gasteiger partial charge in [0.2, 0.25) is 0 Å². The molecule has 0 aromatic carbocycles. The first-order valence-corrected chi connectivity index (χ1v) is 4.35. The number of rotatable bonds is 0. The molecule has 1 N–H and O–H groups in total. The quantitative estimate of drug-likeness (QED) is 0.501. The molecular weight excluding hydrogens is 122 g/mol. The Labute approximate surface area is 62.5 Å². The van der Waals surface area contributed by atoms with Crippen LogP contribution in [0.3, 0.4) is 0 Å². The maximum absolute atomic E-state index is 3.56. The lowest BCUT2D eigenvalue weighted by Gasteiger charge is -2.08. The molecule has 1 saturated heterocycles. The van der Waals surface area contributed by atoms with Gasteiger partial charge in [0, 0.05) is 6.04 Å². The zero-order chi connectivity index (χ0) is 6.81. The molecule has 2 unspecified atom stereocenters. The highest BCUT2D eigenvalue weighted by molar-refractivity contribution is 4.99. The number of hydrogen-bond donors (Lipinski definition) is 1. The molecule has 2 rings (SSSR count). The van der Waals surface area contributed by atoms with E-state index in [1.165, 1.54) is 32.2 Å². The van der Waals surface area contributed by atoms with Gasteiger partial charge in [-0.25, -0.2) is 0 Å². The first kappa shape index (κ1) is 6.41. The van der Waals surface area contributed by atoms with Crippen LogP contribution in [0.15, 0.2) is 12.2 Å². The van der Waals surface area contributed by atoms with Crippen molar-refractivity contribution in [2.75, 3.05) is 6.54 Å². The number of hydrogen-bond acceptors (Lipinski definition) is 1. The second kappa shape index (κ2) is 2.75. The summed E-state index contributed by atoms with van der Waals surface area (Å²) >= 11 is 0. The standard InChI is InChI=1S/C9H15N/c1-3-8-4-2-6-9(5-1)10-7-8/h1,5,8-10H,2-4,6-7H2. The van der Waals surface area contributed by atoms with E-state index in [1.807, 2.05) is 0 Å². The molecule has 10 heavy (non-hydrogen) atoms. The molecule has 1 nitrogen and oxygen atoms in total. The highest BCUT2D eigenvalue weighted by Crippen LogP contribution is 2.21. The van der Waals surface area contributed by atoms with Crippen LogP contribution in [0.1, 0.15) is 25.7 Å². The summed E-state index contributed by atoms with van der Waals surface area (Å²) < 4.78 is 0. The van der Waals surface area contributed by atoms with Gasteiger partial charge in [0.25, 0.3) is 0 Å². The summed E-state index contributed by atoms with van der Waals surface area (Å²) in [7, 11) is 0. The fourth-order valence-electron chi connectivity index (χ4n) is 1.95. The zero-order valence-corrected chi connectivity index (χ0v) is 6.34. The second-order valence-corrected chi connectivity index (χ2v) is 3.48. The third-order valence-electron chi connectivity index (χ3n) is 2.63. The zero-order valence-electron chi connectivity index (χ0n) is 6.34. The summed E-state index contributed by atoms with van der Waals surface area (Å²) in [6.07, 6.45) is 10.2. The minimum atomic E-state index is 0.701. The van der Waals surface area contributed by atoms with E-state index in [-0.39, 0.29) is 0 Å². The Bertz CT molecular complexity index is 140. The molecule has 2 aliphatic rings. The van der Waals surface area contributed by atoms with Gasteiger partial charge in [-0.2, -0.15) is 0 Å². The smallest absolute Gasteiger partial charge is 0.0250 e. The van der Waals surface area contributed by atoms with Crippen LogP contribution < -0.4 is 5.32 Å². The van der Waals surface area contributed by atoms with Crippen LogP contribution in [0.2, 0.25) is 0 Å². The van der Waals surface area contributed by atoms with Crippen LogP contribution in [0.25, 0.3) is 0 Å². The van der Waals surface area contributed by atoms with Crippen molar-refractivity contribution in [2.45, 2.75) is 31.7 Å². The van der Waals surface area contributed by atoms with E-state index in [4.69, 9.17) is 0 Å². The van der Waals surface area contributed by atoms with Crippen molar-refractivity contribution in [3.8, 4) is 0 Å². The van der Waals surface area contributed by atoms with Gasteiger partial charge in [0.05, 0.1) is 0 Å². The van der Waals surface area contributed by atoms with Crippen molar-refractivity contribution in [2.24, 2.45) is 5.92 Å². The summed E-state index contributed by atoms with van der Waals surface area (Å²) in [5.41, 5.74) is 0. The van der Waals surface area contributed by atoms with Gasteiger partial charge in [-0.15, -0.1) is 0 Å². The lowest BCUT2D eigenvalue weighted by molar-refractivity contribution is 0.488.